The second-order valence-electron chi connectivity index (χ2n) is 4.84. The van der Waals surface area contributed by atoms with Crippen LogP contribution < -0.4 is 5.69 Å². The van der Waals surface area contributed by atoms with E-state index in [9.17, 15) is 29.0 Å². The summed E-state index contributed by atoms with van der Waals surface area (Å²) in [6, 6.07) is 1.12. The predicted octanol–water partition coefficient (Wildman–Crippen LogP) is -0.951. The van der Waals surface area contributed by atoms with Gasteiger partial charge in [-0.25, -0.2) is 18.3 Å². The van der Waals surface area contributed by atoms with Gasteiger partial charge in [0.05, 0.1) is 2.74 Å². The summed E-state index contributed by atoms with van der Waals surface area (Å²) < 4.78 is 64.3. The van der Waals surface area contributed by atoms with Gasteiger partial charge in [-0.3, -0.25) is 14.1 Å². The van der Waals surface area contributed by atoms with Crippen LogP contribution in [0.2, 0.25) is 0 Å². The van der Waals surface area contributed by atoms with Crippen molar-refractivity contribution in [2.24, 2.45) is 0 Å². The SMILES string of the molecule is [2H]C([2H])(OP(=O)(O)OP(=O)(O)O)[C@@]1(F)O[C@@H](n2ccc(=S)[nH]c2=O)[C@H](O)[C@@H]1O. The number of alkyl halides is 1. The first-order valence-corrected chi connectivity index (χ1v) is 9.77. The number of nitrogens with zero attached hydrogens (tertiary/aromatic N) is 1. The van der Waals surface area contributed by atoms with Crippen molar-refractivity contribution in [1.82, 2.24) is 9.55 Å². The van der Waals surface area contributed by atoms with Crippen LogP contribution in [0.1, 0.15) is 8.97 Å². The molecule has 17 heteroatoms. The van der Waals surface area contributed by atoms with Gasteiger partial charge in [0.1, 0.15) is 23.4 Å². The van der Waals surface area contributed by atoms with Crippen LogP contribution >= 0.6 is 27.9 Å². The number of rotatable bonds is 6. The van der Waals surface area contributed by atoms with Gasteiger partial charge in [-0.1, -0.05) is 12.2 Å². The third kappa shape index (κ3) is 4.91. The molecule has 1 aliphatic rings. The number of aliphatic hydroxyl groups excluding tert-OH is 2. The van der Waals surface area contributed by atoms with Crippen LogP contribution in [0.15, 0.2) is 17.1 Å². The van der Waals surface area contributed by atoms with Crippen LogP contribution in [0.3, 0.4) is 0 Å². The maximum atomic E-state index is 15.1. The lowest BCUT2D eigenvalue weighted by atomic mass is 10.1. The van der Waals surface area contributed by atoms with Gasteiger partial charge in [0, 0.05) is 6.20 Å². The van der Waals surface area contributed by atoms with Crippen molar-refractivity contribution in [1.29, 1.82) is 0 Å². The summed E-state index contributed by atoms with van der Waals surface area (Å²) in [5.41, 5.74) is -1.04. The van der Waals surface area contributed by atoms with Crippen LogP contribution in [0.5, 0.6) is 0 Å². The second-order valence-corrected chi connectivity index (χ2v) is 8.03. The summed E-state index contributed by atoms with van der Waals surface area (Å²) in [5, 5.41) is 19.8. The Morgan fingerprint density at radius 2 is 2.08 bits per heavy atom. The van der Waals surface area contributed by atoms with Crippen molar-refractivity contribution in [2.75, 3.05) is 6.56 Å². The smallest absolute Gasteiger partial charge is 0.385 e. The summed E-state index contributed by atoms with van der Waals surface area (Å²) in [6.07, 6.45) is -6.18. The quantitative estimate of drug-likeness (QED) is 0.234. The molecule has 1 unspecified atom stereocenters. The molecule has 0 amide bonds. The van der Waals surface area contributed by atoms with E-state index in [1.807, 2.05) is 0 Å². The van der Waals surface area contributed by atoms with Crippen LogP contribution in [0.25, 0.3) is 0 Å². The molecular weight excluding hydrogens is 425 g/mol. The molecule has 0 spiro atoms. The third-order valence-corrected chi connectivity index (χ3v) is 5.16. The van der Waals surface area contributed by atoms with Gasteiger partial charge in [-0.05, 0) is 6.07 Å². The molecule has 0 aliphatic carbocycles. The number of H-pyrrole nitrogens is 1. The first-order valence-electron chi connectivity index (χ1n) is 7.34. The monoisotopic (exact) mass is 440 g/mol. The summed E-state index contributed by atoms with van der Waals surface area (Å²) in [5.74, 6) is -4.08. The lowest BCUT2D eigenvalue weighted by Crippen LogP contribution is -2.42. The Balaban J connectivity index is 2.38. The molecule has 1 aliphatic heterocycles. The Hall–Kier alpha value is -0.830. The normalized spacial score (nSPS) is 33.4. The summed E-state index contributed by atoms with van der Waals surface area (Å²) >= 11 is 4.68. The van der Waals surface area contributed by atoms with E-state index >= 15 is 4.39 Å². The minimum absolute atomic E-state index is 0.0461. The zero-order valence-electron chi connectivity index (χ0n) is 14.2. The molecule has 1 fully saturated rings. The highest BCUT2D eigenvalue weighted by Gasteiger charge is 2.57. The third-order valence-electron chi connectivity index (χ3n) is 2.92. The van der Waals surface area contributed by atoms with Crippen LogP contribution in [-0.4, -0.2) is 59.1 Å². The highest BCUT2D eigenvalue weighted by Crippen LogP contribution is 2.58. The Morgan fingerprint density at radius 3 is 2.62 bits per heavy atom. The Morgan fingerprint density at radius 1 is 1.46 bits per heavy atom. The molecule has 0 radical (unpaired) electrons. The van der Waals surface area contributed by atoms with E-state index in [2.05, 4.69) is 30.8 Å². The van der Waals surface area contributed by atoms with Gasteiger partial charge in [0.25, 0.3) is 5.85 Å². The topological polar surface area (TPSA) is 201 Å². The van der Waals surface area contributed by atoms with Crippen LogP contribution in [0, 0.1) is 4.64 Å². The summed E-state index contributed by atoms with van der Waals surface area (Å²) in [7, 11) is -11.6. The Kier molecular flexibility index (Phi) is 5.20. The highest BCUT2D eigenvalue weighted by atomic mass is 32.1. The molecule has 2 rings (SSSR count). The van der Waals surface area contributed by atoms with Crippen molar-refractivity contribution in [3.8, 4) is 0 Å². The lowest BCUT2D eigenvalue weighted by molar-refractivity contribution is -0.204. The average molecular weight is 440 g/mol. The van der Waals surface area contributed by atoms with Crippen molar-refractivity contribution in [3.63, 3.8) is 0 Å². The van der Waals surface area contributed by atoms with E-state index in [4.69, 9.17) is 12.5 Å². The van der Waals surface area contributed by atoms with Gasteiger partial charge in [-0.15, -0.1) is 0 Å². The molecule has 2 heterocycles. The van der Waals surface area contributed by atoms with E-state index in [0.717, 1.165) is 12.3 Å². The highest BCUT2D eigenvalue weighted by molar-refractivity contribution is 7.71. The van der Waals surface area contributed by atoms with E-state index in [0.29, 0.717) is 4.57 Å². The molecule has 0 saturated carbocycles. The number of hydrogen-bond acceptors (Lipinski definition) is 9. The molecule has 1 aromatic rings. The molecule has 0 aromatic carbocycles. The van der Waals surface area contributed by atoms with Gasteiger partial charge < -0.3 is 29.6 Å². The standard InChI is InChI=1S/C9H13FN2O11P2S/c10-9(3-21-25(19,20)23-24(16,17)18)6(14)5(13)7(22-9)12-2-1-4(26)11-8(12)15/h1-2,5-7,13-14H,3H2,(H,19,20)(H,11,15,26)(H2,16,17,18)/t5-,6+,7-,9-/m1/s1/i3D2. The van der Waals surface area contributed by atoms with E-state index in [1.165, 1.54) is 0 Å². The number of aromatic amines is 1. The predicted molar refractivity (Wildman–Crippen MR) is 80.8 cm³/mol. The molecule has 5 atom stereocenters. The van der Waals surface area contributed by atoms with E-state index < -0.39 is 52.2 Å². The fraction of sp³-hybridized carbons (Fsp3) is 0.556. The molecular formula is C9H13FN2O11P2S. The molecule has 26 heavy (non-hydrogen) atoms. The largest absolute Gasteiger partial charge is 0.481 e. The maximum absolute atomic E-state index is 15.1. The fourth-order valence-corrected chi connectivity index (χ4v) is 3.49. The number of aromatic nitrogens is 2. The minimum atomic E-state index is -5.92. The number of phosphoric ester groups is 1. The Labute approximate surface area is 151 Å². The second kappa shape index (κ2) is 7.30. The number of halogens is 1. The number of aliphatic hydroxyl groups is 2. The van der Waals surface area contributed by atoms with Crippen molar-refractivity contribution < 1.29 is 54.7 Å². The average Bonchev–Trinajstić information content (AvgIpc) is 2.69. The van der Waals surface area contributed by atoms with Crippen LogP contribution in [-0.2, 0) is 22.7 Å². The minimum Gasteiger partial charge on any atom is -0.385 e. The number of phosphoric acid groups is 2. The van der Waals surface area contributed by atoms with Crippen molar-refractivity contribution in [2.45, 2.75) is 24.3 Å². The molecule has 13 nitrogen and oxygen atoms in total. The van der Waals surface area contributed by atoms with E-state index in [-0.39, 0.29) is 4.64 Å². The van der Waals surface area contributed by atoms with Gasteiger partial charge in [0.15, 0.2) is 6.23 Å². The van der Waals surface area contributed by atoms with Gasteiger partial charge in [0.2, 0.25) is 0 Å². The molecule has 1 saturated heterocycles. The fourth-order valence-electron chi connectivity index (χ4n) is 1.90. The number of ether oxygens (including phenoxy) is 1. The first-order chi connectivity index (χ1) is 12.5. The molecule has 1 aromatic heterocycles. The van der Waals surface area contributed by atoms with Crippen molar-refractivity contribution >= 4 is 27.9 Å². The number of nitrogens with one attached hydrogen (secondary N) is 1. The zero-order valence-corrected chi connectivity index (χ0v) is 14.8. The number of hydrogen-bond donors (Lipinski definition) is 6. The molecule has 148 valence electrons. The molecule has 6 N–H and O–H groups in total. The van der Waals surface area contributed by atoms with Gasteiger partial charge in [-0.2, -0.15) is 4.31 Å². The summed E-state index contributed by atoms with van der Waals surface area (Å²) in [6.45, 7) is -4.10. The zero-order chi connectivity index (χ0) is 21.7. The molecule has 0 bridgehead atoms. The Bertz CT molecular complexity index is 968. The van der Waals surface area contributed by atoms with Crippen molar-refractivity contribution in [3.05, 3.63) is 27.4 Å². The van der Waals surface area contributed by atoms with Crippen LogP contribution in [0.4, 0.5) is 4.39 Å². The lowest BCUT2D eigenvalue weighted by Gasteiger charge is -2.23. The van der Waals surface area contributed by atoms with E-state index in [1.54, 1.807) is 0 Å². The summed E-state index contributed by atoms with van der Waals surface area (Å²) in [4.78, 5) is 40.2. The van der Waals surface area contributed by atoms with Gasteiger partial charge >= 0.3 is 21.3 Å². The first kappa shape index (κ1) is 18.5. The maximum Gasteiger partial charge on any atom is 0.481 e.